The summed E-state index contributed by atoms with van der Waals surface area (Å²) in [5, 5.41) is 2.49. The normalized spacial score (nSPS) is 18.4. The van der Waals surface area contributed by atoms with E-state index in [0.717, 1.165) is 6.07 Å². The molecule has 3 N–H and O–H groups in total. The van der Waals surface area contributed by atoms with Crippen LogP contribution < -0.4 is 11.1 Å². The van der Waals surface area contributed by atoms with Crippen molar-refractivity contribution in [1.82, 2.24) is 5.32 Å². The Balaban J connectivity index is 2.47. The van der Waals surface area contributed by atoms with Gasteiger partial charge in [0.2, 0.25) is 5.91 Å². The maximum atomic E-state index is 13.4. The van der Waals surface area contributed by atoms with Crippen molar-refractivity contribution in [2.45, 2.75) is 25.8 Å². The molecule has 2 rings (SSSR count). The van der Waals surface area contributed by atoms with E-state index in [1.54, 1.807) is 0 Å². The first-order valence-corrected chi connectivity index (χ1v) is 5.87. The van der Waals surface area contributed by atoms with Crippen LogP contribution in [0.25, 0.3) is 0 Å². The third-order valence-electron chi connectivity index (χ3n) is 2.97. The van der Waals surface area contributed by atoms with Gasteiger partial charge in [0.05, 0.1) is 11.1 Å². The maximum Gasteiger partial charge on any atom is 0.217 e. The smallest absolute Gasteiger partial charge is 0.217 e. The molecule has 1 unspecified atom stereocenters. The van der Waals surface area contributed by atoms with E-state index in [9.17, 15) is 14.0 Å². The second kappa shape index (κ2) is 4.57. The summed E-state index contributed by atoms with van der Waals surface area (Å²) in [7, 11) is 0. The van der Waals surface area contributed by atoms with Crippen molar-refractivity contribution in [1.29, 1.82) is 0 Å². The highest BCUT2D eigenvalue weighted by atomic mass is 35.5. The number of hydrogen-bond donors (Lipinski definition) is 2. The first-order chi connectivity index (χ1) is 8.41. The van der Waals surface area contributed by atoms with E-state index in [0.29, 0.717) is 18.4 Å². The van der Waals surface area contributed by atoms with Gasteiger partial charge in [-0.1, -0.05) is 11.6 Å². The molecule has 96 valence electrons. The molecule has 0 fully saturated rings. The van der Waals surface area contributed by atoms with E-state index in [2.05, 4.69) is 5.32 Å². The monoisotopic (exact) mass is 270 g/mol. The predicted octanol–water partition coefficient (Wildman–Crippen LogP) is 1.69. The molecule has 0 aliphatic heterocycles. The molecule has 1 atom stereocenters. The molecule has 1 aliphatic carbocycles. The van der Waals surface area contributed by atoms with E-state index >= 15 is 0 Å². The van der Waals surface area contributed by atoms with Crippen LogP contribution >= 0.6 is 11.6 Å². The standard InChI is InChI=1S/C12H12ClFN2O2/c1-5(17)16-9-3-2-6-10(12(9)18)8(15)4-7(14)11(6)13/h4,9H,2-3,15H2,1H3,(H,16,17). The van der Waals surface area contributed by atoms with Gasteiger partial charge in [-0.25, -0.2) is 4.39 Å². The minimum absolute atomic E-state index is 0.0613. The van der Waals surface area contributed by atoms with E-state index in [1.807, 2.05) is 0 Å². The van der Waals surface area contributed by atoms with Crippen molar-refractivity contribution in [2.75, 3.05) is 5.73 Å². The molecule has 4 nitrogen and oxygen atoms in total. The van der Waals surface area contributed by atoms with Gasteiger partial charge in [-0.05, 0) is 24.5 Å². The Morgan fingerprint density at radius 3 is 2.89 bits per heavy atom. The molecule has 0 aromatic heterocycles. The lowest BCUT2D eigenvalue weighted by Crippen LogP contribution is -2.43. The van der Waals surface area contributed by atoms with Gasteiger partial charge in [-0.15, -0.1) is 0 Å². The topological polar surface area (TPSA) is 72.2 Å². The molecular weight excluding hydrogens is 259 g/mol. The second-order valence-corrected chi connectivity index (χ2v) is 4.65. The fourth-order valence-electron chi connectivity index (χ4n) is 2.20. The number of nitrogens with one attached hydrogen (secondary N) is 1. The van der Waals surface area contributed by atoms with E-state index < -0.39 is 11.9 Å². The summed E-state index contributed by atoms with van der Waals surface area (Å²) < 4.78 is 13.4. The zero-order valence-corrected chi connectivity index (χ0v) is 10.5. The maximum absolute atomic E-state index is 13.4. The zero-order chi connectivity index (χ0) is 13.4. The summed E-state index contributed by atoms with van der Waals surface area (Å²) >= 11 is 5.83. The highest BCUT2D eigenvalue weighted by Gasteiger charge is 2.32. The van der Waals surface area contributed by atoms with Crippen molar-refractivity contribution in [3.05, 3.63) is 28.0 Å². The van der Waals surface area contributed by atoms with Gasteiger partial charge in [0, 0.05) is 18.2 Å². The van der Waals surface area contributed by atoms with Gasteiger partial charge in [0.15, 0.2) is 5.78 Å². The molecule has 1 amide bonds. The summed E-state index contributed by atoms with van der Waals surface area (Å²) in [6, 6.07) is 0.425. The van der Waals surface area contributed by atoms with Gasteiger partial charge in [-0.2, -0.15) is 0 Å². The van der Waals surface area contributed by atoms with Crippen LogP contribution in [0.1, 0.15) is 29.3 Å². The van der Waals surface area contributed by atoms with Crippen molar-refractivity contribution >= 4 is 29.0 Å². The highest BCUT2D eigenvalue weighted by Crippen LogP contribution is 2.34. The molecule has 0 saturated carbocycles. The van der Waals surface area contributed by atoms with Gasteiger partial charge in [0.25, 0.3) is 0 Å². The van der Waals surface area contributed by atoms with Crippen LogP contribution in [0.15, 0.2) is 6.07 Å². The largest absolute Gasteiger partial charge is 0.398 e. The Morgan fingerprint density at radius 2 is 2.28 bits per heavy atom. The third kappa shape index (κ3) is 2.06. The molecule has 1 aromatic rings. The molecule has 1 aliphatic rings. The summed E-state index contributed by atoms with van der Waals surface area (Å²) in [4.78, 5) is 23.2. The lowest BCUT2D eigenvalue weighted by atomic mass is 9.86. The van der Waals surface area contributed by atoms with Gasteiger partial charge < -0.3 is 11.1 Å². The van der Waals surface area contributed by atoms with Gasteiger partial charge in [0.1, 0.15) is 5.82 Å². The van der Waals surface area contributed by atoms with Crippen LogP contribution in [0.3, 0.4) is 0 Å². The molecule has 1 aromatic carbocycles. The number of fused-ring (bicyclic) bond motifs is 1. The number of anilines is 1. The molecule has 0 saturated heterocycles. The van der Waals surface area contributed by atoms with Crippen LogP contribution in [0.4, 0.5) is 10.1 Å². The number of amides is 1. The number of rotatable bonds is 1. The Labute approximate surface area is 108 Å². The van der Waals surface area contributed by atoms with Crippen molar-refractivity contribution in [3.63, 3.8) is 0 Å². The molecule has 6 heteroatoms. The van der Waals surface area contributed by atoms with E-state index in [1.165, 1.54) is 6.92 Å². The quantitative estimate of drug-likeness (QED) is 0.763. The molecule has 0 bridgehead atoms. The third-order valence-corrected chi connectivity index (χ3v) is 3.38. The summed E-state index contributed by atoms with van der Waals surface area (Å²) in [6.07, 6.45) is 0.806. The number of Topliss-reactive ketones (excluding diaryl/α,β-unsaturated/α-hetero) is 1. The molecule has 0 heterocycles. The number of ketones is 1. The molecule has 0 spiro atoms. The number of halogens is 2. The fourth-order valence-corrected chi connectivity index (χ4v) is 2.45. The molecule has 18 heavy (non-hydrogen) atoms. The second-order valence-electron chi connectivity index (χ2n) is 4.27. The zero-order valence-electron chi connectivity index (χ0n) is 9.72. The molecule has 0 radical (unpaired) electrons. The SMILES string of the molecule is CC(=O)NC1CCc2c(Cl)c(F)cc(N)c2C1=O. The lowest BCUT2D eigenvalue weighted by Gasteiger charge is -2.25. The van der Waals surface area contributed by atoms with Crippen LogP contribution in [0.2, 0.25) is 5.02 Å². The summed E-state index contributed by atoms with van der Waals surface area (Å²) in [6.45, 7) is 1.34. The van der Waals surface area contributed by atoms with Gasteiger partial charge >= 0.3 is 0 Å². The van der Waals surface area contributed by atoms with Crippen molar-refractivity contribution < 1.29 is 14.0 Å². The Bertz CT molecular complexity index is 545. The van der Waals surface area contributed by atoms with E-state index in [4.69, 9.17) is 17.3 Å². The number of carbonyl (C=O) groups is 2. The first kappa shape index (κ1) is 12.8. The predicted molar refractivity (Wildman–Crippen MR) is 66.1 cm³/mol. The summed E-state index contributed by atoms with van der Waals surface area (Å²) in [5.74, 6) is -1.23. The van der Waals surface area contributed by atoms with Crippen molar-refractivity contribution in [3.8, 4) is 0 Å². The first-order valence-electron chi connectivity index (χ1n) is 5.49. The minimum atomic E-state index is -0.626. The van der Waals surface area contributed by atoms with Crippen LogP contribution in [0, 0.1) is 5.82 Å². The average Bonchev–Trinajstić information content (AvgIpc) is 2.28. The highest BCUT2D eigenvalue weighted by molar-refractivity contribution is 6.32. The average molecular weight is 271 g/mol. The Kier molecular flexibility index (Phi) is 3.26. The molecular formula is C12H12ClFN2O2. The minimum Gasteiger partial charge on any atom is -0.398 e. The number of benzene rings is 1. The number of hydrogen-bond acceptors (Lipinski definition) is 3. The van der Waals surface area contributed by atoms with Crippen LogP contribution in [-0.4, -0.2) is 17.7 Å². The van der Waals surface area contributed by atoms with Crippen LogP contribution in [-0.2, 0) is 11.2 Å². The Morgan fingerprint density at radius 1 is 1.61 bits per heavy atom. The lowest BCUT2D eigenvalue weighted by molar-refractivity contribution is -0.119. The number of carbonyl (C=O) groups excluding carboxylic acids is 2. The Hall–Kier alpha value is -1.62. The van der Waals surface area contributed by atoms with Crippen LogP contribution in [0.5, 0.6) is 0 Å². The summed E-state index contributed by atoms with van der Waals surface area (Å²) in [5.41, 5.74) is 6.38. The van der Waals surface area contributed by atoms with E-state index in [-0.39, 0.29) is 28.0 Å². The van der Waals surface area contributed by atoms with Crippen molar-refractivity contribution in [2.24, 2.45) is 0 Å². The number of nitrogens with two attached hydrogens (primary N) is 1. The number of nitrogen functional groups attached to an aromatic ring is 1. The fraction of sp³-hybridized carbons (Fsp3) is 0.333. The van der Waals surface area contributed by atoms with Gasteiger partial charge in [-0.3, -0.25) is 9.59 Å².